The van der Waals surface area contributed by atoms with Gasteiger partial charge in [-0.05, 0) is 50.0 Å². The summed E-state index contributed by atoms with van der Waals surface area (Å²) >= 11 is 6.05. The molecule has 5 nitrogen and oxygen atoms in total. The van der Waals surface area contributed by atoms with Crippen molar-refractivity contribution < 1.29 is 13.2 Å². The lowest BCUT2D eigenvalue weighted by atomic mass is 9.97. The summed E-state index contributed by atoms with van der Waals surface area (Å²) in [6.45, 7) is 5.40. The van der Waals surface area contributed by atoms with Gasteiger partial charge in [-0.1, -0.05) is 18.5 Å². The van der Waals surface area contributed by atoms with Gasteiger partial charge in [0.05, 0.1) is 17.0 Å². The van der Waals surface area contributed by atoms with Crippen LogP contribution in [0.3, 0.4) is 0 Å². The van der Waals surface area contributed by atoms with E-state index in [2.05, 4.69) is 10.0 Å². The fraction of sp³-hybridized carbons (Fsp3) is 0.571. The minimum atomic E-state index is -3.59. The van der Waals surface area contributed by atoms with Crippen LogP contribution >= 0.6 is 24.0 Å². The zero-order valence-corrected chi connectivity index (χ0v) is 15.2. The molecule has 1 saturated heterocycles. The van der Waals surface area contributed by atoms with Crippen LogP contribution in [-0.2, 0) is 10.0 Å². The van der Waals surface area contributed by atoms with Crippen molar-refractivity contribution in [2.45, 2.75) is 31.2 Å². The van der Waals surface area contributed by atoms with Crippen molar-refractivity contribution in [2.75, 3.05) is 20.2 Å². The predicted molar refractivity (Wildman–Crippen MR) is 90.7 cm³/mol. The van der Waals surface area contributed by atoms with Gasteiger partial charge in [-0.3, -0.25) is 0 Å². The maximum atomic E-state index is 12.6. The van der Waals surface area contributed by atoms with Crippen LogP contribution in [0.4, 0.5) is 0 Å². The summed E-state index contributed by atoms with van der Waals surface area (Å²) in [6, 6.07) is 3.03. The van der Waals surface area contributed by atoms with Crippen LogP contribution in [0, 0.1) is 12.8 Å². The van der Waals surface area contributed by atoms with Crippen LogP contribution < -0.4 is 14.8 Å². The lowest BCUT2D eigenvalue weighted by Gasteiger charge is -2.30. The summed E-state index contributed by atoms with van der Waals surface area (Å²) < 4.78 is 33.1. The molecule has 2 atom stereocenters. The Morgan fingerprint density at radius 3 is 2.68 bits per heavy atom. The number of sulfonamides is 1. The van der Waals surface area contributed by atoms with Gasteiger partial charge in [0.25, 0.3) is 0 Å². The fourth-order valence-corrected chi connectivity index (χ4v) is 4.47. The number of halogens is 2. The van der Waals surface area contributed by atoms with Crippen molar-refractivity contribution in [3.8, 4) is 5.75 Å². The molecule has 1 aromatic rings. The Bertz CT molecular complexity index is 623. The topological polar surface area (TPSA) is 67.4 Å². The normalized spacial score (nSPS) is 22.0. The number of rotatable bonds is 4. The molecule has 2 rings (SSSR count). The molecule has 1 aliphatic rings. The van der Waals surface area contributed by atoms with Gasteiger partial charge in [0.1, 0.15) is 5.75 Å². The van der Waals surface area contributed by atoms with E-state index < -0.39 is 10.0 Å². The molecule has 22 heavy (non-hydrogen) atoms. The summed E-state index contributed by atoms with van der Waals surface area (Å²) in [5, 5.41) is 3.55. The van der Waals surface area contributed by atoms with Crippen molar-refractivity contribution in [2.24, 2.45) is 5.92 Å². The molecule has 0 saturated carbocycles. The molecule has 8 heteroatoms. The molecule has 1 aromatic carbocycles. The van der Waals surface area contributed by atoms with Crippen LogP contribution in [0.5, 0.6) is 5.75 Å². The van der Waals surface area contributed by atoms with Crippen LogP contribution in [0.25, 0.3) is 0 Å². The SMILES string of the molecule is COc1cc(C)c(S(=O)(=O)NC2CCNCC2C)cc1Cl.Cl. The highest BCUT2D eigenvalue weighted by molar-refractivity contribution is 7.89. The van der Waals surface area contributed by atoms with Gasteiger partial charge in [-0.25, -0.2) is 13.1 Å². The van der Waals surface area contributed by atoms with E-state index in [0.29, 0.717) is 16.3 Å². The third-order valence-electron chi connectivity index (χ3n) is 3.83. The van der Waals surface area contributed by atoms with Crippen molar-refractivity contribution in [3.05, 3.63) is 22.7 Å². The van der Waals surface area contributed by atoms with E-state index in [9.17, 15) is 8.42 Å². The first-order chi connectivity index (χ1) is 9.85. The van der Waals surface area contributed by atoms with Crippen LogP contribution in [0.2, 0.25) is 5.02 Å². The number of piperidine rings is 1. The zero-order chi connectivity index (χ0) is 15.6. The molecule has 0 spiro atoms. The highest BCUT2D eigenvalue weighted by Crippen LogP contribution is 2.30. The van der Waals surface area contributed by atoms with Crippen molar-refractivity contribution >= 4 is 34.0 Å². The highest BCUT2D eigenvalue weighted by Gasteiger charge is 2.28. The number of aryl methyl sites for hydroxylation is 1. The summed E-state index contributed by atoms with van der Waals surface area (Å²) in [7, 11) is -2.08. The second kappa shape index (κ2) is 7.84. The van der Waals surface area contributed by atoms with Crippen LogP contribution in [0.15, 0.2) is 17.0 Å². The van der Waals surface area contributed by atoms with E-state index in [1.54, 1.807) is 13.0 Å². The number of hydrogen-bond acceptors (Lipinski definition) is 4. The number of methoxy groups -OCH3 is 1. The molecule has 0 bridgehead atoms. The maximum absolute atomic E-state index is 12.6. The van der Waals surface area contributed by atoms with Crippen LogP contribution in [-0.4, -0.2) is 34.7 Å². The van der Waals surface area contributed by atoms with E-state index in [1.165, 1.54) is 13.2 Å². The van der Waals surface area contributed by atoms with E-state index >= 15 is 0 Å². The summed E-state index contributed by atoms with van der Waals surface area (Å²) in [6.07, 6.45) is 0.781. The zero-order valence-electron chi connectivity index (χ0n) is 12.8. The Morgan fingerprint density at radius 2 is 2.09 bits per heavy atom. The largest absolute Gasteiger partial charge is 0.495 e. The number of benzene rings is 1. The third-order valence-corrected chi connectivity index (χ3v) is 5.76. The second-order valence-electron chi connectivity index (χ2n) is 5.45. The Labute approximate surface area is 143 Å². The Morgan fingerprint density at radius 1 is 1.41 bits per heavy atom. The molecule has 1 aliphatic heterocycles. The second-order valence-corrected chi connectivity index (χ2v) is 7.54. The van der Waals surface area contributed by atoms with Gasteiger partial charge in [0, 0.05) is 6.04 Å². The standard InChI is InChI=1S/C14H21ClN2O3S.ClH/c1-9-6-13(20-3)11(15)7-14(9)21(18,19)17-12-4-5-16-8-10(12)2;/h6-7,10,12,16-17H,4-5,8H2,1-3H3;1H. The molecule has 2 N–H and O–H groups in total. The molecular formula is C14H22Cl2N2O3S. The maximum Gasteiger partial charge on any atom is 0.241 e. The number of hydrogen-bond donors (Lipinski definition) is 2. The third kappa shape index (κ3) is 4.26. The Hall–Kier alpha value is -0.530. The highest BCUT2D eigenvalue weighted by atomic mass is 35.5. The fourth-order valence-electron chi connectivity index (χ4n) is 2.53. The van der Waals surface area contributed by atoms with Crippen molar-refractivity contribution in [1.82, 2.24) is 10.0 Å². The van der Waals surface area contributed by atoms with Gasteiger partial charge in [0.15, 0.2) is 0 Å². The quantitative estimate of drug-likeness (QED) is 0.855. The van der Waals surface area contributed by atoms with Gasteiger partial charge in [0.2, 0.25) is 10.0 Å². The Kier molecular flexibility index (Phi) is 6.95. The lowest BCUT2D eigenvalue weighted by Crippen LogP contribution is -2.48. The van der Waals surface area contributed by atoms with Gasteiger partial charge >= 0.3 is 0 Å². The molecule has 2 unspecified atom stereocenters. The molecule has 1 heterocycles. The average Bonchev–Trinajstić information content (AvgIpc) is 2.43. The van der Waals surface area contributed by atoms with Gasteiger partial charge in [-0.15, -0.1) is 12.4 Å². The molecule has 0 radical (unpaired) electrons. The molecular weight excluding hydrogens is 347 g/mol. The number of ether oxygens (including phenoxy) is 1. The smallest absolute Gasteiger partial charge is 0.241 e. The lowest BCUT2D eigenvalue weighted by molar-refractivity contribution is 0.328. The summed E-state index contributed by atoms with van der Waals surface area (Å²) in [5.74, 6) is 0.728. The Balaban J connectivity index is 0.00000242. The predicted octanol–water partition coefficient (Wildman–Crippen LogP) is 2.36. The average molecular weight is 369 g/mol. The van der Waals surface area contributed by atoms with E-state index in [0.717, 1.165) is 19.5 Å². The first-order valence-electron chi connectivity index (χ1n) is 6.92. The van der Waals surface area contributed by atoms with Crippen LogP contribution in [0.1, 0.15) is 18.9 Å². The van der Waals surface area contributed by atoms with E-state index in [1.807, 2.05) is 6.92 Å². The first kappa shape index (κ1) is 19.5. The molecule has 126 valence electrons. The summed E-state index contributed by atoms with van der Waals surface area (Å²) in [4.78, 5) is 0.207. The van der Waals surface area contributed by atoms with Gasteiger partial charge < -0.3 is 10.1 Å². The minimum absolute atomic E-state index is 0. The molecule has 0 aliphatic carbocycles. The first-order valence-corrected chi connectivity index (χ1v) is 8.78. The van der Waals surface area contributed by atoms with Crippen molar-refractivity contribution in [3.63, 3.8) is 0 Å². The van der Waals surface area contributed by atoms with E-state index in [4.69, 9.17) is 16.3 Å². The number of nitrogens with one attached hydrogen (secondary N) is 2. The van der Waals surface area contributed by atoms with Gasteiger partial charge in [-0.2, -0.15) is 0 Å². The molecule has 0 aromatic heterocycles. The van der Waals surface area contributed by atoms with E-state index in [-0.39, 0.29) is 29.3 Å². The molecule has 1 fully saturated rings. The monoisotopic (exact) mass is 368 g/mol. The minimum Gasteiger partial charge on any atom is -0.495 e. The molecule has 0 amide bonds. The summed E-state index contributed by atoms with van der Waals surface area (Å²) in [5.41, 5.74) is 0.616. The van der Waals surface area contributed by atoms with Crippen molar-refractivity contribution in [1.29, 1.82) is 0 Å².